The first-order chi connectivity index (χ1) is 8.06. The van der Waals surface area contributed by atoms with Crippen LogP contribution in [0.4, 0.5) is 11.5 Å². The Morgan fingerprint density at radius 1 is 1.24 bits per heavy atom. The molecule has 88 valence electrons. The average Bonchev–Trinajstić information content (AvgIpc) is 2.25. The number of nitrogens with zero attached hydrogens (tertiary/aromatic N) is 1. The van der Waals surface area contributed by atoms with E-state index in [1.54, 1.807) is 6.20 Å². The summed E-state index contributed by atoms with van der Waals surface area (Å²) in [6, 6.07) is 7.78. The van der Waals surface area contributed by atoms with Crippen LogP contribution >= 0.6 is 43.5 Å². The molecular weight excluding hydrogens is 367 g/mol. The molecule has 0 bridgehead atoms. The first-order valence-electron chi connectivity index (χ1n) is 4.90. The highest BCUT2D eigenvalue weighted by Gasteiger charge is 2.05. The number of benzene rings is 1. The molecule has 0 spiro atoms. The summed E-state index contributed by atoms with van der Waals surface area (Å²) in [7, 11) is 0. The van der Waals surface area contributed by atoms with Gasteiger partial charge in [0.1, 0.15) is 5.82 Å². The molecule has 2 rings (SSSR count). The molecule has 1 N–H and O–H groups in total. The van der Waals surface area contributed by atoms with E-state index in [4.69, 9.17) is 11.6 Å². The van der Waals surface area contributed by atoms with E-state index < -0.39 is 0 Å². The zero-order chi connectivity index (χ0) is 12.4. The zero-order valence-corrected chi connectivity index (χ0v) is 12.9. The molecule has 1 heterocycles. The number of aromatic nitrogens is 1. The van der Waals surface area contributed by atoms with E-state index in [9.17, 15) is 0 Å². The molecule has 0 fully saturated rings. The third kappa shape index (κ3) is 3.21. The van der Waals surface area contributed by atoms with Crippen LogP contribution in [0.1, 0.15) is 5.56 Å². The van der Waals surface area contributed by atoms with Gasteiger partial charge in [0.2, 0.25) is 0 Å². The fourth-order valence-electron chi connectivity index (χ4n) is 1.36. The molecule has 0 amide bonds. The Balaban J connectivity index is 2.31. The molecule has 0 aliphatic heterocycles. The van der Waals surface area contributed by atoms with Gasteiger partial charge in [-0.05, 0) is 62.5 Å². The lowest BCUT2D eigenvalue weighted by Gasteiger charge is -2.09. The van der Waals surface area contributed by atoms with Crippen LogP contribution < -0.4 is 5.32 Å². The normalized spacial score (nSPS) is 10.4. The molecule has 1 aromatic carbocycles. The maximum Gasteiger partial charge on any atom is 0.144 e. The van der Waals surface area contributed by atoms with Gasteiger partial charge in [0, 0.05) is 10.7 Å². The van der Waals surface area contributed by atoms with Gasteiger partial charge in [-0.2, -0.15) is 0 Å². The van der Waals surface area contributed by atoms with Gasteiger partial charge in [0.05, 0.1) is 15.2 Å². The van der Waals surface area contributed by atoms with Gasteiger partial charge in [0.25, 0.3) is 0 Å². The van der Waals surface area contributed by atoms with Crippen molar-refractivity contribution in [1.29, 1.82) is 0 Å². The SMILES string of the molecule is Cc1ccc(Nc2ncc(Br)cc2Br)c(Cl)c1. The zero-order valence-electron chi connectivity index (χ0n) is 8.97. The lowest BCUT2D eigenvalue weighted by Crippen LogP contribution is -1.95. The molecular formula is C12H9Br2ClN2. The molecule has 0 saturated carbocycles. The minimum atomic E-state index is 0.682. The Hall–Kier alpha value is -0.580. The number of anilines is 2. The van der Waals surface area contributed by atoms with Gasteiger partial charge in [-0.25, -0.2) is 4.98 Å². The van der Waals surface area contributed by atoms with Crippen LogP contribution in [0.25, 0.3) is 0 Å². The second-order valence-corrected chi connectivity index (χ2v) is 5.77. The van der Waals surface area contributed by atoms with E-state index in [-0.39, 0.29) is 0 Å². The molecule has 0 unspecified atom stereocenters. The Bertz CT molecular complexity index is 509. The quantitative estimate of drug-likeness (QED) is 0.768. The van der Waals surface area contributed by atoms with Crippen LogP contribution in [0.2, 0.25) is 5.02 Å². The number of aryl methyl sites for hydroxylation is 1. The first kappa shape index (κ1) is 12.9. The first-order valence-corrected chi connectivity index (χ1v) is 6.87. The smallest absolute Gasteiger partial charge is 0.144 e. The number of nitrogens with one attached hydrogen (secondary N) is 1. The summed E-state index contributed by atoms with van der Waals surface area (Å²) in [5, 5.41) is 3.87. The minimum absolute atomic E-state index is 0.682. The fourth-order valence-corrected chi connectivity index (χ4v) is 2.72. The predicted molar refractivity (Wildman–Crippen MR) is 79.1 cm³/mol. The second kappa shape index (κ2) is 5.38. The lowest BCUT2D eigenvalue weighted by atomic mass is 10.2. The van der Waals surface area contributed by atoms with Gasteiger partial charge >= 0.3 is 0 Å². The summed E-state index contributed by atoms with van der Waals surface area (Å²) in [6.07, 6.45) is 1.73. The third-order valence-electron chi connectivity index (χ3n) is 2.19. The summed E-state index contributed by atoms with van der Waals surface area (Å²) in [5.41, 5.74) is 1.97. The number of rotatable bonds is 2. The number of halogens is 3. The van der Waals surface area contributed by atoms with Crippen molar-refractivity contribution in [2.24, 2.45) is 0 Å². The van der Waals surface area contributed by atoms with E-state index in [0.29, 0.717) is 5.02 Å². The van der Waals surface area contributed by atoms with Gasteiger partial charge in [0.15, 0.2) is 0 Å². The standard InChI is InChI=1S/C12H9Br2ClN2/c1-7-2-3-11(10(15)4-7)17-12-9(14)5-8(13)6-16-12/h2-6H,1H3,(H,16,17). The van der Waals surface area contributed by atoms with Crippen LogP contribution in [-0.4, -0.2) is 4.98 Å². The van der Waals surface area contributed by atoms with Crippen molar-refractivity contribution in [3.05, 3.63) is 50.0 Å². The van der Waals surface area contributed by atoms with Crippen molar-refractivity contribution in [2.45, 2.75) is 6.92 Å². The number of hydrogen-bond acceptors (Lipinski definition) is 2. The van der Waals surface area contributed by atoms with E-state index in [2.05, 4.69) is 42.2 Å². The molecule has 2 aromatic rings. The lowest BCUT2D eigenvalue weighted by molar-refractivity contribution is 1.27. The summed E-state index contributed by atoms with van der Waals surface area (Å²) in [5.74, 6) is 0.735. The Morgan fingerprint density at radius 3 is 2.65 bits per heavy atom. The molecule has 17 heavy (non-hydrogen) atoms. The van der Waals surface area contributed by atoms with Gasteiger partial charge in [-0.1, -0.05) is 17.7 Å². The van der Waals surface area contributed by atoms with Crippen molar-refractivity contribution in [3.8, 4) is 0 Å². The second-order valence-electron chi connectivity index (χ2n) is 3.59. The summed E-state index contributed by atoms with van der Waals surface area (Å²) in [6.45, 7) is 2.00. The van der Waals surface area contributed by atoms with Crippen LogP contribution in [0.15, 0.2) is 39.4 Å². The van der Waals surface area contributed by atoms with E-state index in [1.807, 2.05) is 31.2 Å². The summed E-state index contributed by atoms with van der Waals surface area (Å²) >= 11 is 13.0. The van der Waals surface area contributed by atoms with E-state index >= 15 is 0 Å². The molecule has 2 nitrogen and oxygen atoms in total. The monoisotopic (exact) mass is 374 g/mol. The molecule has 0 aliphatic rings. The molecule has 5 heteroatoms. The van der Waals surface area contributed by atoms with Crippen molar-refractivity contribution in [3.63, 3.8) is 0 Å². The van der Waals surface area contributed by atoms with Gasteiger partial charge < -0.3 is 5.32 Å². The Morgan fingerprint density at radius 2 is 2.00 bits per heavy atom. The largest absolute Gasteiger partial charge is 0.338 e. The van der Waals surface area contributed by atoms with Gasteiger partial charge in [-0.15, -0.1) is 0 Å². The fraction of sp³-hybridized carbons (Fsp3) is 0.0833. The summed E-state index contributed by atoms with van der Waals surface area (Å²) in [4.78, 5) is 4.27. The maximum atomic E-state index is 6.15. The molecule has 0 atom stereocenters. The highest BCUT2D eigenvalue weighted by molar-refractivity contribution is 9.11. The highest BCUT2D eigenvalue weighted by Crippen LogP contribution is 2.30. The van der Waals surface area contributed by atoms with Crippen LogP contribution in [0, 0.1) is 6.92 Å². The van der Waals surface area contributed by atoms with Crippen LogP contribution in [-0.2, 0) is 0 Å². The van der Waals surface area contributed by atoms with Crippen molar-refractivity contribution >= 4 is 55.0 Å². The molecule has 1 aromatic heterocycles. The topological polar surface area (TPSA) is 24.9 Å². The average molecular weight is 376 g/mol. The Labute approximate surface area is 122 Å². The van der Waals surface area contributed by atoms with Crippen molar-refractivity contribution in [1.82, 2.24) is 4.98 Å². The van der Waals surface area contributed by atoms with Gasteiger partial charge in [-0.3, -0.25) is 0 Å². The van der Waals surface area contributed by atoms with Crippen LogP contribution in [0.3, 0.4) is 0 Å². The van der Waals surface area contributed by atoms with Crippen LogP contribution in [0.5, 0.6) is 0 Å². The maximum absolute atomic E-state index is 6.15. The predicted octanol–water partition coefficient (Wildman–Crippen LogP) is 5.31. The Kier molecular flexibility index (Phi) is 4.07. The number of hydrogen-bond donors (Lipinski definition) is 1. The number of pyridine rings is 1. The van der Waals surface area contributed by atoms with Crippen molar-refractivity contribution < 1.29 is 0 Å². The summed E-state index contributed by atoms with van der Waals surface area (Å²) < 4.78 is 1.80. The van der Waals surface area contributed by atoms with E-state index in [1.165, 1.54) is 0 Å². The third-order valence-corrected chi connectivity index (χ3v) is 3.54. The molecule has 0 aliphatic carbocycles. The minimum Gasteiger partial charge on any atom is -0.338 e. The van der Waals surface area contributed by atoms with E-state index in [0.717, 1.165) is 26.0 Å². The molecule has 0 saturated heterocycles. The van der Waals surface area contributed by atoms with Crippen molar-refractivity contribution in [2.75, 3.05) is 5.32 Å². The molecule has 0 radical (unpaired) electrons. The highest BCUT2D eigenvalue weighted by atomic mass is 79.9.